The lowest BCUT2D eigenvalue weighted by Crippen LogP contribution is -2.50. The van der Waals surface area contributed by atoms with E-state index in [0.29, 0.717) is 12.0 Å². The Balaban J connectivity index is 1.54. The fourth-order valence-electron chi connectivity index (χ4n) is 4.57. The molecule has 0 radical (unpaired) electrons. The highest BCUT2D eigenvalue weighted by atomic mass is 16.5. The lowest BCUT2D eigenvalue weighted by atomic mass is 10.1. The normalized spacial score (nSPS) is 22.0. The van der Waals surface area contributed by atoms with Crippen LogP contribution in [0.25, 0.3) is 0 Å². The van der Waals surface area contributed by atoms with Gasteiger partial charge in [-0.05, 0) is 49.5 Å². The van der Waals surface area contributed by atoms with Crippen molar-refractivity contribution in [3.05, 3.63) is 29.8 Å². The molecule has 0 bridgehead atoms. The van der Waals surface area contributed by atoms with E-state index in [9.17, 15) is 0 Å². The van der Waals surface area contributed by atoms with Crippen LogP contribution in [0.5, 0.6) is 5.75 Å². The van der Waals surface area contributed by atoms with E-state index in [1.807, 2.05) is 13.1 Å². The molecule has 2 aliphatic heterocycles. The molecule has 0 amide bonds. The number of guanidine groups is 1. The van der Waals surface area contributed by atoms with E-state index >= 15 is 0 Å². The Morgan fingerprint density at radius 1 is 1.23 bits per heavy atom. The van der Waals surface area contributed by atoms with Crippen LogP contribution in [0.15, 0.2) is 29.3 Å². The smallest absolute Gasteiger partial charge is 0.191 e. The maximum atomic E-state index is 5.98. The summed E-state index contributed by atoms with van der Waals surface area (Å²) in [7, 11) is 3.56. The van der Waals surface area contributed by atoms with Crippen LogP contribution in [0, 0.1) is 5.92 Å². The third-order valence-electron chi connectivity index (χ3n) is 6.09. The van der Waals surface area contributed by atoms with Crippen molar-refractivity contribution < 1.29 is 9.47 Å². The third-order valence-corrected chi connectivity index (χ3v) is 6.09. The number of nitrogens with zero attached hydrogens (tertiary/aromatic N) is 3. The molecule has 7 heteroatoms. The first-order valence-electron chi connectivity index (χ1n) is 11.8. The largest absolute Gasteiger partial charge is 0.497 e. The Hall–Kier alpha value is -1.83. The van der Waals surface area contributed by atoms with Crippen molar-refractivity contribution in [1.82, 2.24) is 20.4 Å². The second kappa shape index (κ2) is 12.3. The maximum Gasteiger partial charge on any atom is 0.191 e. The van der Waals surface area contributed by atoms with Gasteiger partial charge in [-0.2, -0.15) is 0 Å². The highest BCUT2D eigenvalue weighted by Gasteiger charge is 2.25. The Morgan fingerprint density at radius 3 is 2.74 bits per heavy atom. The van der Waals surface area contributed by atoms with Gasteiger partial charge in [-0.15, -0.1) is 0 Å². The quantitative estimate of drug-likeness (QED) is 0.462. The lowest BCUT2D eigenvalue weighted by Gasteiger charge is -2.34. The number of benzene rings is 1. The van der Waals surface area contributed by atoms with Crippen molar-refractivity contribution in [2.45, 2.75) is 38.8 Å². The third kappa shape index (κ3) is 7.37. The highest BCUT2D eigenvalue weighted by molar-refractivity contribution is 5.79. The van der Waals surface area contributed by atoms with Gasteiger partial charge in [0.25, 0.3) is 0 Å². The molecule has 2 saturated heterocycles. The van der Waals surface area contributed by atoms with Crippen LogP contribution in [-0.2, 0) is 4.74 Å². The summed E-state index contributed by atoms with van der Waals surface area (Å²) in [5.74, 6) is 2.42. The Labute approximate surface area is 188 Å². The minimum absolute atomic E-state index is 0.193. The van der Waals surface area contributed by atoms with Crippen LogP contribution in [0.2, 0.25) is 0 Å². The Morgan fingerprint density at radius 2 is 2.03 bits per heavy atom. The van der Waals surface area contributed by atoms with Crippen molar-refractivity contribution in [3.8, 4) is 5.75 Å². The number of rotatable bonds is 9. The van der Waals surface area contributed by atoms with Crippen LogP contribution >= 0.6 is 0 Å². The first-order chi connectivity index (χ1) is 15.1. The van der Waals surface area contributed by atoms with E-state index in [-0.39, 0.29) is 6.10 Å². The number of nitrogens with one attached hydrogen (secondary N) is 2. The molecule has 7 nitrogen and oxygen atoms in total. The van der Waals surface area contributed by atoms with Gasteiger partial charge in [0.05, 0.1) is 25.9 Å². The molecule has 1 aromatic rings. The van der Waals surface area contributed by atoms with Crippen LogP contribution < -0.4 is 15.4 Å². The van der Waals surface area contributed by atoms with Crippen LogP contribution in [0.3, 0.4) is 0 Å². The van der Waals surface area contributed by atoms with Crippen molar-refractivity contribution in [3.63, 3.8) is 0 Å². The first-order valence-corrected chi connectivity index (χ1v) is 11.8. The lowest BCUT2D eigenvalue weighted by molar-refractivity contribution is -0.0284. The molecule has 1 aromatic carbocycles. The summed E-state index contributed by atoms with van der Waals surface area (Å²) < 4.78 is 11.4. The summed E-state index contributed by atoms with van der Waals surface area (Å²) in [6.07, 6.45) is 2.72. The molecule has 2 unspecified atom stereocenters. The fraction of sp³-hybridized carbons (Fsp3) is 0.708. The molecule has 0 spiro atoms. The van der Waals surface area contributed by atoms with Crippen molar-refractivity contribution in [1.29, 1.82) is 0 Å². The summed E-state index contributed by atoms with van der Waals surface area (Å²) in [6, 6.07) is 8.73. The molecule has 2 atom stereocenters. The zero-order chi connectivity index (χ0) is 22.1. The molecule has 2 fully saturated rings. The summed E-state index contributed by atoms with van der Waals surface area (Å²) in [4.78, 5) is 9.51. The molecule has 31 heavy (non-hydrogen) atoms. The van der Waals surface area contributed by atoms with Gasteiger partial charge in [0.1, 0.15) is 5.75 Å². The highest BCUT2D eigenvalue weighted by Crippen LogP contribution is 2.27. The topological polar surface area (TPSA) is 61.4 Å². The van der Waals surface area contributed by atoms with Gasteiger partial charge in [-0.1, -0.05) is 26.0 Å². The molecule has 2 heterocycles. The van der Waals surface area contributed by atoms with Gasteiger partial charge < -0.3 is 20.1 Å². The molecule has 174 valence electrons. The Bertz CT molecular complexity index is 690. The molecular weight excluding hydrogens is 390 g/mol. The van der Waals surface area contributed by atoms with Gasteiger partial charge in [-0.25, -0.2) is 0 Å². The number of likely N-dealkylation sites (tertiary alicyclic amines) is 1. The zero-order valence-corrected chi connectivity index (χ0v) is 19.8. The van der Waals surface area contributed by atoms with E-state index in [4.69, 9.17) is 9.47 Å². The van der Waals surface area contributed by atoms with Crippen molar-refractivity contribution in [2.24, 2.45) is 10.9 Å². The predicted molar refractivity (Wildman–Crippen MR) is 127 cm³/mol. The van der Waals surface area contributed by atoms with E-state index in [1.54, 1.807) is 7.11 Å². The molecule has 0 saturated carbocycles. The second-order valence-electron chi connectivity index (χ2n) is 9.02. The van der Waals surface area contributed by atoms with Gasteiger partial charge in [-0.3, -0.25) is 14.8 Å². The predicted octanol–water partition coefficient (Wildman–Crippen LogP) is 2.35. The minimum atomic E-state index is 0.193. The Kier molecular flexibility index (Phi) is 9.43. The van der Waals surface area contributed by atoms with Gasteiger partial charge in [0, 0.05) is 39.8 Å². The molecule has 0 aliphatic carbocycles. The van der Waals surface area contributed by atoms with E-state index in [2.05, 4.69) is 57.5 Å². The summed E-state index contributed by atoms with van der Waals surface area (Å²) in [5, 5.41) is 7.03. The first kappa shape index (κ1) is 23.8. The summed E-state index contributed by atoms with van der Waals surface area (Å²) in [6.45, 7) is 12.3. The van der Waals surface area contributed by atoms with Gasteiger partial charge in [0.15, 0.2) is 5.96 Å². The van der Waals surface area contributed by atoms with Crippen molar-refractivity contribution >= 4 is 5.96 Å². The number of ether oxygens (including phenoxy) is 2. The molecule has 3 rings (SSSR count). The monoisotopic (exact) mass is 431 g/mol. The summed E-state index contributed by atoms with van der Waals surface area (Å²) >= 11 is 0. The molecule has 0 aromatic heterocycles. The van der Waals surface area contributed by atoms with E-state index < -0.39 is 0 Å². The average molecular weight is 432 g/mol. The van der Waals surface area contributed by atoms with Crippen LogP contribution in [0.1, 0.15) is 38.3 Å². The zero-order valence-electron chi connectivity index (χ0n) is 19.8. The van der Waals surface area contributed by atoms with E-state index in [1.165, 1.54) is 18.4 Å². The minimum Gasteiger partial charge on any atom is -0.497 e. The SMILES string of the molecule is CN=C(NCC1CN(CC(C)C)CCO1)NCC(c1cccc(OC)c1)N1CCCC1. The van der Waals surface area contributed by atoms with Gasteiger partial charge in [0.2, 0.25) is 0 Å². The maximum absolute atomic E-state index is 5.98. The number of methoxy groups -OCH3 is 1. The van der Waals surface area contributed by atoms with Crippen molar-refractivity contribution in [2.75, 3.05) is 66.6 Å². The summed E-state index contributed by atoms with van der Waals surface area (Å²) in [5.41, 5.74) is 1.28. The number of hydrogen-bond donors (Lipinski definition) is 2. The molecular formula is C24H41N5O2. The van der Waals surface area contributed by atoms with Crippen LogP contribution in [0.4, 0.5) is 0 Å². The molecule has 2 N–H and O–H groups in total. The molecule has 2 aliphatic rings. The number of aliphatic imine (C=N–C) groups is 1. The second-order valence-corrected chi connectivity index (χ2v) is 9.02. The van der Waals surface area contributed by atoms with Crippen LogP contribution in [-0.4, -0.2) is 88.4 Å². The number of morpholine rings is 1. The average Bonchev–Trinajstić information content (AvgIpc) is 3.30. The van der Waals surface area contributed by atoms with Gasteiger partial charge >= 0.3 is 0 Å². The fourth-order valence-corrected chi connectivity index (χ4v) is 4.57. The number of hydrogen-bond acceptors (Lipinski definition) is 5. The standard InChI is InChI=1S/C24H41N5O2/c1-19(2)17-28-12-13-31-22(18-28)15-26-24(25-3)27-16-23(29-10-5-6-11-29)20-8-7-9-21(14-20)30-4/h7-9,14,19,22-23H,5-6,10-13,15-18H2,1-4H3,(H2,25,26,27). The van der Waals surface area contributed by atoms with E-state index in [0.717, 1.165) is 64.1 Å².